The number of hydrogen-bond acceptors (Lipinski definition) is 8. The summed E-state index contributed by atoms with van der Waals surface area (Å²) in [6, 6.07) is 20.0. The van der Waals surface area contributed by atoms with E-state index >= 15 is 0 Å². The van der Waals surface area contributed by atoms with Crippen LogP contribution in [0.4, 0.5) is 0 Å². The topological polar surface area (TPSA) is 199 Å². The first kappa shape index (κ1) is 31.8. The fourth-order valence-corrected chi connectivity index (χ4v) is 3.76. The van der Waals surface area contributed by atoms with E-state index in [1.54, 1.807) is 60.7 Å². The first-order chi connectivity index (χ1) is 20.6. The highest BCUT2D eigenvalue weighted by Gasteiger charge is 2.15. The van der Waals surface area contributed by atoms with Crippen LogP contribution < -0.4 is 33.7 Å². The van der Waals surface area contributed by atoms with E-state index in [4.69, 9.17) is 0 Å². The third kappa shape index (κ3) is 8.64. The third-order valence-corrected chi connectivity index (χ3v) is 5.72. The fraction of sp³-hybridized carbons (Fsp3) is 0.0714. The molecule has 0 bridgehead atoms. The molecule has 5 aromatic rings. The van der Waals surface area contributed by atoms with Crippen LogP contribution in [0.2, 0.25) is 0 Å². The number of aromatic amines is 3. The molecule has 5 rings (SSSR count). The minimum Gasteiger partial charge on any atom is -0.314 e. The van der Waals surface area contributed by atoms with Gasteiger partial charge in [0, 0.05) is 59.8 Å². The molecule has 0 fully saturated rings. The lowest BCUT2D eigenvalue weighted by Crippen LogP contribution is -2.43. The van der Waals surface area contributed by atoms with Crippen molar-refractivity contribution in [3.8, 4) is 0 Å². The van der Waals surface area contributed by atoms with Crippen molar-refractivity contribution < 1.29 is 9.59 Å². The Kier molecular flexibility index (Phi) is 11.4. The zero-order valence-corrected chi connectivity index (χ0v) is 23.7. The quantitative estimate of drug-likeness (QED) is 0.232. The largest absolute Gasteiger partial charge is 0.338 e. The molecule has 0 radical (unpaired) electrons. The van der Waals surface area contributed by atoms with Crippen molar-refractivity contribution in [2.45, 2.75) is 6.54 Å². The van der Waals surface area contributed by atoms with Crippen molar-refractivity contribution in [2.24, 2.45) is 0 Å². The minimum absolute atomic E-state index is 0.293. The molecule has 2 aromatic carbocycles. The normalized spacial score (nSPS) is 9.98. The molecule has 0 unspecified atom stereocenters. The van der Waals surface area contributed by atoms with Crippen LogP contribution in [0.1, 0.15) is 20.7 Å². The molecule has 0 aliphatic rings. The van der Waals surface area contributed by atoms with Crippen LogP contribution in [0, 0.1) is 0 Å². The molecule has 14 nitrogen and oxygen atoms in total. The Balaban J connectivity index is 0.000000190. The molecule has 0 spiro atoms. The monoisotopic (exact) mass is 650 g/mol. The maximum Gasteiger partial charge on any atom is 0.338 e. The second kappa shape index (κ2) is 15.3. The number of alkyl halides is 1. The SMILES string of the molecule is O=C(c1ccccc1)n1c(=O)cc[nH]c1=O.O=C(c1ccccc1)n1c(=O)ccn(CCBr)c1=O.O=c1cc[nH]c(=O)[nH]1. The van der Waals surface area contributed by atoms with E-state index in [1.165, 1.54) is 35.3 Å². The number of carbonyl (C=O) groups excluding carboxylic acids is 2. The number of H-pyrrole nitrogens is 3. The van der Waals surface area contributed by atoms with Gasteiger partial charge in [0.1, 0.15) is 0 Å². The van der Waals surface area contributed by atoms with Crippen LogP contribution in [-0.2, 0) is 6.54 Å². The summed E-state index contributed by atoms with van der Waals surface area (Å²) >= 11 is 3.21. The Bertz CT molecular complexity index is 2000. The van der Waals surface area contributed by atoms with Crippen LogP contribution >= 0.6 is 15.9 Å². The summed E-state index contributed by atoms with van der Waals surface area (Å²) in [5.41, 5.74) is -2.88. The summed E-state index contributed by atoms with van der Waals surface area (Å²) in [6.07, 6.45) is 3.89. The lowest BCUT2D eigenvalue weighted by Gasteiger charge is -2.07. The third-order valence-electron chi connectivity index (χ3n) is 5.37. The van der Waals surface area contributed by atoms with Gasteiger partial charge in [-0.3, -0.25) is 33.5 Å². The van der Waals surface area contributed by atoms with Crippen molar-refractivity contribution in [1.29, 1.82) is 0 Å². The standard InChI is InChI=1S/C13H11BrN2O3.C11H8N2O3.C4H4N2O2/c14-7-9-15-8-6-11(17)16(13(15)19)12(18)10-4-2-1-3-5-10;14-9-6-7-12-11(16)13(9)10(15)8-4-2-1-3-5-8;7-3-1-2-5-4(8)6-3/h1-6,8H,7,9H2;1-7H,(H,12,16);1-2H,(H2,5,6,7,8). The van der Waals surface area contributed by atoms with Gasteiger partial charge in [-0.1, -0.05) is 52.3 Å². The highest BCUT2D eigenvalue weighted by Crippen LogP contribution is 2.00. The molecular weight excluding hydrogens is 628 g/mol. The fourth-order valence-electron chi connectivity index (χ4n) is 3.38. The van der Waals surface area contributed by atoms with E-state index in [1.807, 2.05) is 4.98 Å². The molecule has 0 amide bonds. The number of benzene rings is 2. The van der Waals surface area contributed by atoms with E-state index < -0.39 is 40.0 Å². The van der Waals surface area contributed by atoms with Gasteiger partial charge in [0.25, 0.3) is 28.5 Å². The lowest BCUT2D eigenvalue weighted by molar-refractivity contribution is 0.0941. The predicted octanol–water partition coefficient (Wildman–Crippen LogP) is 0.382. The van der Waals surface area contributed by atoms with Crippen LogP contribution in [-0.4, -0.2) is 45.8 Å². The summed E-state index contributed by atoms with van der Waals surface area (Å²) < 4.78 is 2.53. The highest BCUT2D eigenvalue weighted by atomic mass is 79.9. The Morgan fingerprint density at radius 1 is 0.651 bits per heavy atom. The van der Waals surface area contributed by atoms with Gasteiger partial charge in [0.05, 0.1) is 0 Å². The molecule has 15 heteroatoms. The maximum atomic E-state index is 12.2. The van der Waals surface area contributed by atoms with Gasteiger partial charge in [0.15, 0.2) is 0 Å². The van der Waals surface area contributed by atoms with Crippen LogP contribution in [0.25, 0.3) is 0 Å². The highest BCUT2D eigenvalue weighted by molar-refractivity contribution is 9.09. The Labute approximate surface area is 248 Å². The molecule has 0 aliphatic heterocycles. The summed E-state index contributed by atoms with van der Waals surface area (Å²) in [5.74, 6) is -1.24. The van der Waals surface area contributed by atoms with E-state index in [2.05, 4.69) is 25.9 Å². The summed E-state index contributed by atoms with van der Waals surface area (Å²) in [6.45, 7) is 0.390. The second-order valence-corrected chi connectivity index (χ2v) is 9.04. The number of rotatable bonds is 4. The molecular formula is C28H23BrN6O8. The van der Waals surface area contributed by atoms with Gasteiger partial charge in [-0.15, -0.1) is 0 Å². The van der Waals surface area contributed by atoms with Gasteiger partial charge >= 0.3 is 17.1 Å². The van der Waals surface area contributed by atoms with Crippen molar-refractivity contribution in [1.82, 2.24) is 28.7 Å². The Morgan fingerprint density at radius 2 is 1.19 bits per heavy atom. The molecule has 43 heavy (non-hydrogen) atoms. The molecule has 3 aromatic heterocycles. The molecule has 3 N–H and O–H groups in total. The number of halogens is 1. The van der Waals surface area contributed by atoms with Crippen LogP contribution in [0.3, 0.4) is 0 Å². The second-order valence-electron chi connectivity index (χ2n) is 8.25. The van der Waals surface area contributed by atoms with Crippen molar-refractivity contribution in [2.75, 3.05) is 5.33 Å². The van der Waals surface area contributed by atoms with E-state index in [-0.39, 0.29) is 5.56 Å². The van der Waals surface area contributed by atoms with Gasteiger partial charge in [-0.2, -0.15) is 9.13 Å². The number of aromatic nitrogens is 6. The van der Waals surface area contributed by atoms with Gasteiger partial charge in [-0.25, -0.2) is 14.4 Å². The smallest absolute Gasteiger partial charge is 0.314 e. The Hall–Kier alpha value is -5.70. The number of hydrogen-bond donors (Lipinski definition) is 3. The summed E-state index contributed by atoms with van der Waals surface area (Å²) in [7, 11) is 0. The number of nitrogens with zero attached hydrogens (tertiary/aromatic N) is 3. The maximum absolute atomic E-state index is 12.2. The van der Waals surface area contributed by atoms with E-state index in [9.17, 15) is 38.4 Å². The number of aryl methyl sites for hydroxylation is 1. The molecule has 0 saturated carbocycles. The van der Waals surface area contributed by atoms with Gasteiger partial charge in [0.2, 0.25) is 0 Å². The minimum atomic E-state index is -0.735. The van der Waals surface area contributed by atoms with Crippen molar-refractivity contribution in [3.63, 3.8) is 0 Å². The average molecular weight is 651 g/mol. The van der Waals surface area contributed by atoms with Crippen molar-refractivity contribution in [3.05, 3.63) is 171 Å². The number of carbonyl (C=O) groups is 2. The molecule has 220 valence electrons. The zero-order valence-electron chi connectivity index (χ0n) is 22.1. The van der Waals surface area contributed by atoms with Gasteiger partial charge in [-0.05, 0) is 24.3 Å². The van der Waals surface area contributed by atoms with Crippen molar-refractivity contribution >= 4 is 27.7 Å². The number of nitrogens with one attached hydrogen (secondary N) is 3. The average Bonchev–Trinajstić information content (AvgIpc) is 3.00. The van der Waals surface area contributed by atoms with Gasteiger partial charge < -0.3 is 9.97 Å². The molecule has 3 heterocycles. The lowest BCUT2D eigenvalue weighted by atomic mass is 10.2. The van der Waals surface area contributed by atoms with Crippen LogP contribution in [0.5, 0.6) is 0 Å². The van der Waals surface area contributed by atoms with E-state index in [0.29, 0.717) is 32.1 Å². The first-order valence-electron chi connectivity index (χ1n) is 12.3. The first-order valence-corrected chi connectivity index (χ1v) is 13.4. The summed E-state index contributed by atoms with van der Waals surface area (Å²) in [4.78, 5) is 97.5. The molecule has 0 saturated heterocycles. The van der Waals surface area contributed by atoms with Crippen LogP contribution in [0.15, 0.2) is 126 Å². The predicted molar refractivity (Wildman–Crippen MR) is 160 cm³/mol. The Morgan fingerprint density at radius 3 is 1.67 bits per heavy atom. The summed E-state index contributed by atoms with van der Waals surface area (Å²) in [5, 5.41) is 0.560. The van der Waals surface area contributed by atoms with E-state index in [0.717, 1.165) is 6.07 Å². The molecule has 0 atom stereocenters. The zero-order chi connectivity index (χ0) is 31.4. The molecule has 0 aliphatic carbocycles.